The lowest BCUT2D eigenvalue weighted by Crippen LogP contribution is -2.27. The largest absolute Gasteiger partial charge is 0.492 e. The van der Waals surface area contributed by atoms with Crippen LogP contribution < -0.4 is 10.5 Å². The Hall–Kier alpha value is -1.17. The number of hydrogen-bond donors (Lipinski definition) is 1. The normalized spacial score (nSPS) is 10.6. The van der Waals surface area contributed by atoms with Gasteiger partial charge in [-0.3, -0.25) is 0 Å². The van der Waals surface area contributed by atoms with Crippen molar-refractivity contribution in [2.45, 2.75) is 0 Å². The van der Waals surface area contributed by atoms with Gasteiger partial charge in [-0.1, -0.05) is 24.4 Å². The van der Waals surface area contributed by atoms with Gasteiger partial charge in [0.25, 0.3) is 0 Å². The number of hydrogen-bond acceptors (Lipinski definition) is 4. The Morgan fingerprint density at radius 3 is 2.72 bits per heavy atom. The molecule has 0 aliphatic heterocycles. The van der Waals surface area contributed by atoms with E-state index in [4.69, 9.17) is 27.4 Å². The number of nitrogens with zero attached hydrogens (tertiary/aromatic N) is 1. The molecule has 0 atom stereocenters. The number of benzene rings is 1. The molecule has 1 aromatic carbocycles. The summed E-state index contributed by atoms with van der Waals surface area (Å²) in [5.74, 6) is 0.792. The fourth-order valence-corrected chi connectivity index (χ4v) is 1.54. The third-order valence-electron chi connectivity index (χ3n) is 2.54. The molecule has 0 spiro atoms. The molecule has 0 saturated heterocycles. The van der Waals surface area contributed by atoms with Gasteiger partial charge < -0.3 is 20.1 Å². The minimum absolute atomic E-state index is 0.387. The van der Waals surface area contributed by atoms with E-state index in [1.165, 1.54) is 0 Å². The van der Waals surface area contributed by atoms with Crippen LogP contribution in [0.1, 0.15) is 5.56 Å². The van der Waals surface area contributed by atoms with Gasteiger partial charge in [0.05, 0.1) is 6.61 Å². The van der Waals surface area contributed by atoms with Crippen LogP contribution in [0.15, 0.2) is 24.3 Å². The Kier molecular flexibility index (Phi) is 6.64. The maximum absolute atomic E-state index is 5.65. The standard InChI is InChI=1S/C13H20N2O2S/c1-15(6-8-16-2)7-9-17-12-5-3-4-11(10-12)13(14)18/h3-5,10H,6-9H2,1-2H3,(H2,14,18). The van der Waals surface area contributed by atoms with Crippen molar-refractivity contribution >= 4 is 17.2 Å². The van der Waals surface area contributed by atoms with Crippen molar-refractivity contribution in [1.29, 1.82) is 0 Å². The van der Waals surface area contributed by atoms with Crippen molar-refractivity contribution in [3.05, 3.63) is 29.8 Å². The van der Waals surface area contributed by atoms with Gasteiger partial charge in [0.2, 0.25) is 0 Å². The van der Waals surface area contributed by atoms with Crippen molar-refractivity contribution in [1.82, 2.24) is 4.90 Å². The second-order valence-corrected chi connectivity index (χ2v) is 4.48. The van der Waals surface area contributed by atoms with Crippen LogP contribution in [0.5, 0.6) is 5.75 Å². The van der Waals surface area contributed by atoms with E-state index in [9.17, 15) is 0 Å². The molecular formula is C13H20N2O2S. The molecule has 0 aromatic heterocycles. The van der Waals surface area contributed by atoms with Gasteiger partial charge in [0.15, 0.2) is 0 Å². The minimum atomic E-state index is 0.387. The molecule has 18 heavy (non-hydrogen) atoms. The van der Waals surface area contributed by atoms with Gasteiger partial charge in [-0.25, -0.2) is 0 Å². The van der Waals surface area contributed by atoms with E-state index in [1.807, 2.05) is 31.3 Å². The van der Waals surface area contributed by atoms with Gasteiger partial charge in [-0.05, 0) is 19.2 Å². The number of thiocarbonyl (C=S) groups is 1. The van der Waals surface area contributed by atoms with Crippen LogP contribution in [0.25, 0.3) is 0 Å². The first-order chi connectivity index (χ1) is 8.63. The topological polar surface area (TPSA) is 47.7 Å². The molecule has 100 valence electrons. The predicted molar refractivity (Wildman–Crippen MR) is 77.2 cm³/mol. The van der Waals surface area contributed by atoms with E-state index >= 15 is 0 Å². The third kappa shape index (κ3) is 5.44. The van der Waals surface area contributed by atoms with E-state index < -0.39 is 0 Å². The van der Waals surface area contributed by atoms with Crippen molar-refractivity contribution in [2.24, 2.45) is 5.73 Å². The van der Waals surface area contributed by atoms with Crippen LogP contribution >= 0.6 is 12.2 Å². The first-order valence-corrected chi connectivity index (χ1v) is 6.24. The summed E-state index contributed by atoms with van der Waals surface area (Å²) in [6.45, 7) is 3.10. The van der Waals surface area contributed by atoms with Crippen LogP contribution in [0, 0.1) is 0 Å². The lowest BCUT2D eigenvalue weighted by molar-refractivity contribution is 0.150. The van der Waals surface area contributed by atoms with Crippen LogP contribution in [0.4, 0.5) is 0 Å². The predicted octanol–water partition coefficient (Wildman–Crippen LogP) is 1.28. The fourth-order valence-electron chi connectivity index (χ4n) is 1.42. The van der Waals surface area contributed by atoms with Crippen LogP contribution in [-0.2, 0) is 4.74 Å². The summed E-state index contributed by atoms with van der Waals surface area (Å²) in [5, 5.41) is 0. The third-order valence-corrected chi connectivity index (χ3v) is 2.77. The van der Waals surface area contributed by atoms with E-state index in [0.29, 0.717) is 11.6 Å². The number of ether oxygens (including phenoxy) is 2. The molecular weight excluding hydrogens is 248 g/mol. The molecule has 0 amide bonds. The zero-order chi connectivity index (χ0) is 13.4. The Morgan fingerprint density at radius 1 is 1.33 bits per heavy atom. The average Bonchev–Trinajstić information content (AvgIpc) is 2.36. The van der Waals surface area contributed by atoms with Gasteiger partial charge in [0, 0.05) is 25.8 Å². The Morgan fingerprint density at radius 2 is 2.06 bits per heavy atom. The summed E-state index contributed by atoms with van der Waals surface area (Å²) in [7, 11) is 3.74. The summed E-state index contributed by atoms with van der Waals surface area (Å²) in [4.78, 5) is 2.54. The first-order valence-electron chi connectivity index (χ1n) is 5.83. The average molecular weight is 268 g/mol. The molecule has 0 aliphatic carbocycles. The monoisotopic (exact) mass is 268 g/mol. The summed E-state index contributed by atoms with van der Waals surface area (Å²) < 4.78 is 10.7. The molecule has 2 N–H and O–H groups in total. The van der Waals surface area contributed by atoms with E-state index in [2.05, 4.69) is 4.90 Å². The van der Waals surface area contributed by atoms with Gasteiger partial charge in [-0.15, -0.1) is 0 Å². The van der Waals surface area contributed by atoms with Gasteiger partial charge in [0.1, 0.15) is 17.3 Å². The van der Waals surface area contributed by atoms with Crippen molar-refractivity contribution in [3.63, 3.8) is 0 Å². The smallest absolute Gasteiger partial charge is 0.120 e. The summed E-state index contributed by atoms with van der Waals surface area (Å²) >= 11 is 4.92. The maximum Gasteiger partial charge on any atom is 0.120 e. The number of nitrogens with two attached hydrogens (primary N) is 1. The molecule has 5 heteroatoms. The number of methoxy groups -OCH3 is 1. The Labute approximate surface area is 114 Å². The summed E-state index contributed by atoms with van der Waals surface area (Å²) in [6, 6.07) is 7.52. The van der Waals surface area contributed by atoms with Gasteiger partial charge in [-0.2, -0.15) is 0 Å². The highest BCUT2D eigenvalue weighted by Crippen LogP contribution is 2.13. The molecule has 0 aliphatic rings. The fraction of sp³-hybridized carbons (Fsp3) is 0.462. The van der Waals surface area contributed by atoms with Crippen molar-refractivity contribution < 1.29 is 9.47 Å². The van der Waals surface area contributed by atoms with E-state index in [-0.39, 0.29) is 0 Å². The Balaban J connectivity index is 2.35. The zero-order valence-electron chi connectivity index (χ0n) is 10.9. The van der Waals surface area contributed by atoms with Crippen LogP contribution in [-0.4, -0.2) is 50.3 Å². The molecule has 0 heterocycles. The highest BCUT2D eigenvalue weighted by Gasteiger charge is 2.01. The highest BCUT2D eigenvalue weighted by atomic mass is 32.1. The molecule has 0 fully saturated rings. The Bertz CT molecular complexity index is 385. The zero-order valence-corrected chi connectivity index (χ0v) is 11.7. The minimum Gasteiger partial charge on any atom is -0.492 e. The van der Waals surface area contributed by atoms with E-state index in [0.717, 1.165) is 31.0 Å². The summed E-state index contributed by atoms with van der Waals surface area (Å²) in [6.07, 6.45) is 0. The molecule has 4 nitrogen and oxygen atoms in total. The molecule has 0 unspecified atom stereocenters. The second kappa shape index (κ2) is 8.02. The number of rotatable bonds is 8. The molecule has 0 radical (unpaired) electrons. The van der Waals surface area contributed by atoms with Crippen molar-refractivity contribution in [2.75, 3.05) is 40.5 Å². The maximum atomic E-state index is 5.65. The molecule has 1 aromatic rings. The molecule has 0 saturated carbocycles. The quantitative estimate of drug-likeness (QED) is 0.720. The lowest BCUT2D eigenvalue weighted by atomic mass is 10.2. The van der Waals surface area contributed by atoms with Crippen LogP contribution in [0.2, 0.25) is 0 Å². The lowest BCUT2D eigenvalue weighted by Gasteiger charge is -2.16. The molecule has 1 rings (SSSR count). The van der Waals surface area contributed by atoms with Crippen LogP contribution in [0.3, 0.4) is 0 Å². The summed E-state index contributed by atoms with van der Waals surface area (Å²) in [5.41, 5.74) is 6.40. The van der Waals surface area contributed by atoms with Gasteiger partial charge >= 0.3 is 0 Å². The highest BCUT2D eigenvalue weighted by molar-refractivity contribution is 7.80. The van der Waals surface area contributed by atoms with Crippen molar-refractivity contribution in [3.8, 4) is 5.75 Å². The SMILES string of the molecule is COCCN(C)CCOc1cccc(C(N)=S)c1. The number of likely N-dealkylation sites (N-methyl/N-ethyl adjacent to an activating group) is 1. The van der Waals surface area contributed by atoms with E-state index in [1.54, 1.807) is 7.11 Å². The molecule has 0 bridgehead atoms. The first kappa shape index (κ1) is 14.9. The second-order valence-electron chi connectivity index (χ2n) is 4.04.